The Morgan fingerprint density at radius 3 is 2.49 bits per heavy atom. The highest BCUT2D eigenvalue weighted by molar-refractivity contribution is 7.93. The second kappa shape index (κ2) is 14.0. The first-order chi connectivity index (χ1) is 21.6. The second-order valence-corrected chi connectivity index (χ2v) is 13.1. The zero-order valence-corrected chi connectivity index (χ0v) is 26.1. The van der Waals surface area contributed by atoms with Gasteiger partial charge in [-0.05, 0) is 61.2 Å². The number of aliphatic hydroxyl groups is 1. The van der Waals surface area contributed by atoms with Crippen LogP contribution in [0.1, 0.15) is 28.8 Å². The maximum absolute atomic E-state index is 14.1. The molecule has 2 unspecified atom stereocenters. The Labute approximate surface area is 263 Å². The van der Waals surface area contributed by atoms with Gasteiger partial charge in [0.2, 0.25) is 10.0 Å². The normalized spacial score (nSPS) is 15.7. The Hall–Kier alpha value is -4.58. The number of sulfonamides is 1. The predicted octanol–water partition coefficient (Wildman–Crippen LogP) is 3.47. The van der Waals surface area contributed by atoms with Gasteiger partial charge in [-0.3, -0.25) is 9.78 Å². The first kappa shape index (κ1) is 31.8. The average Bonchev–Trinajstić information content (AvgIpc) is 3.40. The van der Waals surface area contributed by atoms with E-state index < -0.39 is 28.1 Å². The van der Waals surface area contributed by atoms with Crippen molar-refractivity contribution in [3.05, 3.63) is 130 Å². The lowest BCUT2D eigenvalue weighted by Gasteiger charge is -2.30. The molecule has 5 rings (SSSR count). The molecule has 2 heterocycles. The molecule has 2 aliphatic rings. The Morgan fingerprint density at radius 1 is 1.04 bits per heavy atom. The highest BCUT2D eigenvalue weighted by Gasteiger charge is 2.34. The van der Waals surface area contributed by atoms with Gasteiger partial charge in [-0.15, -0.1) is 0 Å². The zero-order valence-electron chi connectivity index (χ0n) is 25.3. The van der Waals surface area contributed by atoms with Gasteiger partial charge in [0.15, 0.2) is 6.61 Å². The molecule has 1 amide bonds. The maximum Gasteiger partial charge on any atom is 0.258 e. The van der Waals surface area contributed by atoms with E-state index in [1.54, 1.807) is 42.6 Å². The summed E-state index contributed by atoms with van der Waals surface area (Å²) in [6, 6.07) is 19.5. The molecule has 0 fully saturated rings. The molecule has 10 nitrogen and oxygen atoms in total. The number of aliphatic hydroxyl groups excluding tert-OH is 1. The largest absolute Gasteiger partial charge is 0.483 e. The second-order valence-electron chi connectivity index (χ2n) is 11.1. The third-order valence-corrected chi connectivity index (χ3v) is 9.58. The number of allylic oxidation sites excluding steroid dienone is 5. The number of para-hydroxylation sites is 1. The van der Waals surface area contributed by atoms with Crippen LogP contribution in [0.4, 0.5) is 0 Å². The number of carbonyl (C=O) groups excluding carboxylic acids is 1. The summed E-state index contributed by atoms with van der Waals surface area (Å²) in [4.78, 5) is 21.9. The average molecular weight is 628 g/mol. The number of hydrogen-bond donors (Lipinski definition) is 3. The van der Waals surface area contributed by atoms with E-state index in [-0.39, 0.29) is 37.4 Å². The number of benzene rings is 2. The van der Waals surface area contributed by atoms with E-state index in [1.807, 2.05) is 62.4 Å². The van der Waals surface area contributed by atoms with E-state index in [0.29, 0.717) is 23.0 Å². The van der Waals surface area contributed by atoms with Gasteiger partial charge < -0.3 is 20.9 Å². The number of aryl methyl sites for hydroxylation is 2. The van der Waals surface area contributed by atoms with E-state index in [4.69, 9.17) is 10.5 Å². The van der Waals surface area contributed by atoms with Crippen LogP contribution >= 0.6 is 0 Å². The Kier molecular flexibility index (Phi) is 9.92. The lowest BCUT2D eigenvalue weighted by molar-refractivity contribution is -0.124. The Bertz CT molecular complexity index is 1750. The molecule has 45 heavy (non-hydrogen) atoms. The van der Waals surface area contributed by atoms with Gasteiger partial charge >= 0.3 is 0 Å². The van der Waals surface area contributed by atoms with Crippen molar-refractivity contribution in [1.29, 1.82) is 0 Å². The van der Waals surface area contributed by atoms with Gasteiger partial charge in [-0.1, -0.05) is 60.7 Å². The number of nitrogens with two attached hydrogens (primary N) is 1. The van der Waals surface area contributed by atoms with Crippen LogP contribution < -0.4 is 15.8 Å². The van der Waals surface area contributed by atoms with Gasteiger partial charge in [-0.25, -0.2) is 13.4 Å². The molecule has 1 aromatic heterocycles. The molecule has 0 saturated carbocycles. The van der Waals surface area contributed by atoms with E-state index in [2.05, 4.69) is 15.3 Å². The molecule has 1 aliphatic carbocycles. The van der Waals surface area contributed by atoms with Crippen LogP contribution in [0.25, 0.3) is 0 Å². The van der Waals surface area contributed by atoms with Gasteiger partial charge in [-0.2, -0.15) is 4.31 Å². The molecule has 11 heteroatoms. The van der Waals surface area contributed by atoms with E-state index in [0.717, 1.165) is 22.3 Å². The summed E-state index contributed by atoms with van der Waals surface area (Å²) in [5.74, 6) is 0.515. The summed E-state index contributed by atoms with van der Waals surface area (Å²) in [6.07, 6.45) is 5.58. The first-order valence-electron chi connectivity index (χ1n) is 14.7. The number of pyridine rings is 1. The minimum Gasteiger partial charge on any atom is -0.483 e. The van der Waals surface area contributed by atoms with Crippen LogP contribution in [0.5, 0.6) is 5.75 Å². The number of aliphatic imine (C=N–C) groups is 1. The quantitative estimate of drug-likeness (QED) is 0.263. The number of ether oxygens (including phenoxy) is 1. The highest BCUT2D eigenvalue weighted by Crippen LogP contribution is 2.29. The van der Waals surface area contributed by atoms with Crippen LogP contribution in [0.2, 0.25) is 0 Å². The summed E-state index contributed by atoms with van der Waals surface area (Å²) in [6.45, 7) is 3.17. The number of hydrogen-bond acceptors (Lipinski definition) is 8. The number of aromatic nitrogens is 1. The summed E-state index contributed by atoms with van der Waals surface area (Å²) >= 11 is 0. The fourth-order valence-corrected chi connectivity index (χ4v) is 6.89. The number of fused-ring (bicyclic) bond motifs is 1. The first-order valence-corrected chi connectivity index (χ1v) is 16.1. The summed E-state index contributed by atoms with van der Waals surface area (Å²) in [5.41, 5.74) is 10.4. The van der Waals surface area contributed by atoms with Crippen molar-refractivity contribution in [3.63, 3.8) is 0 Å². The third-order valence-electron chi connectivity index (χ3n) is 7.68. The van der Waals surface area contributed by atoms with Crippen molar-refractivity contribution >= 4 is 21.6 Å². The SMILES string of the molecule is Cc1cccc(C)c1OCC(=O)NC(Cc1ccccc1)C(O)CN(Cc1ccccn1)S(=O)(=O)C1=CC=C2C=C(N)N=C2C1. The van der Waals surface area contributed by atoms with Crippen LogP contribution in [-0.2, 0) is 27.8 Å². The third kappa shape index (κ3) is 7.93. The minimum absolute atomic E-state index is 0.0695. The number of nitrogens with zero attached hydrogens (tertiary/aromatic N) is 3. The molecule has 1 aliphatic heterocycles. The van der Waals surface area contributed by atoms with Gasteiger partial charge in [0.25, 0.3) is 5.91 Å². The number of nitrogens with one attached hydrogen (secondary N) is 1. The number of carbonyl (C=O) groups is 1. The molecule has 0 bridgehead atoms. The zero-order chi connectivity index (χ0) is 32.0. The lowest BCUT2D eigenvalue weighted by atomic mass is 10.0. The van der Waals surface area contributed by atoms with Crippen molar-refractivity contribution in [2.75, 3.05) is 13.2 Å². The molecular formula is C34H37N5O5S. The van der Waals surface area contributed by atoms with Gasteiger partial charge in [0.05, 0.1) is 35.0 Å². The van der Waals surface area contributed by atoms with Gasteiger partial charge in [0.1, 0.15) is 11.6 Å². The maximum atomic E-state index is 14.1. The number of rotatable bonds is 13. The van der Waals surface area contributed by atoms with Crippen molar-refractivity contribution in [2.45, 2.75) is 45.4 Å². The molecule has 4 N–H and O–H groups in total. The fourth-order valence-electron chi connectivity index (χ4n) is 5.35. The van der Waals surface area contributed by atoms with Crippen LogP contribution in [0, 0.1) is 13.8 Å². The van der Waals surface area contributed by atoms with Crippen molar-refractivity contribution in [2.24, 2.45) is 10.7 Å². The summed E-state index contributed by atoms with van der Waals surface area (Å²) < 4.78 is 35.3. The molecule has 2 atom stereocenters. The van der Waals surface area contributed by atoms with Crippen LogP contribution in [0.15, 0.2) is 112 Å². The van der Waals surface area contributed by atoms with Gasteiger partial charge in [0, 0.05) is 24.7 Å². The van der Waals surface area contributed by atoms with E-state index in [1.165, 1.54) is 4.31 Å². The topological polar surface area (TPSA) is 147 Å². The Morgan fingerprint density at radius 2 is 1.78 bits per heavy atom. The molecule has 234 valence electrons. The monoisotopic (exact) mass is 627 g/mol. The molecule has 0 spiro atoms. The fraction of sp³-hybridized carbons (Fsp3) is 0.265. The molecule has 0 saturated heterocycles. The smallest absolute Gasteiger partial charge is 0.258 e. The van der Waals surface area contributed by atoms with Crippen LogP contribution in [-0.4, -0.2) is 59.7 Å². The van der Waals surface area contributed by atoms with E-state index in [9.17, 15) is 18.3 Å². The summed E-state index contributed by atoms with van der Waals surface area (Å²) in [5, 5.41) is 14.5. The van der Waals surface area contributed by atoms with E-state index >= 15 is 0 Å². The molecule has 2 aromatic carbocycles. The van der Waals surface area contributed by atoms with Crippen molar-refractivity contribution in [1.82, 2.24) is 14.6 Å². The van der Waals surface area contributed by atoms with Crippen molar-refractivity contribution in [3.8, 4) is 5.75 Å². The number of amides is 1. The summed E-state index contributed by atoms with van der Waals surface area (Å²) in [7, 11) is -4.10. The molecular weight excluding hydrogens is 590 g/mol. The van der Waals surface area contributed by atoms with Crippen molar-refractivity contribution < 1.29 is 23.1 Å². The standard InChI is InChI=1S/C34H37N5O5S/c1-23-9-8-10-24(2)34(23)44-22-33(41)38-30(17-25-11-4-3-5-12-25)31(40)21-39(20-27-13-6-7-16-36-27)45(42,43)28-15-14-26-18-32(35)37-29(26)19-28/h3-16,18,30-31,40H,17,19-22,35H2,1-2H3,(H,38,41). The molecule has 3 aromatic rings. The van der Waals surface area contributed by atoms with Crippen LogP contribution in [0.3, 0.4) is 0 Å². The highest BCUT2D eigenvalue weighted by atomic mass is 32.2. The lowest BCUT2D eigenvalue weighted by Crippen LogP contribution is -2.51. The minimum atomic E-state index is -4.10. The Balaban J connectivity index is 1.38. The predicted molar refractivity (Wildman–Crippen MR) is 174 cm³/mol. The molecule has 0 radical (unpaired) electrons.